The van der Waals surface area contributed by atoms with Crippen LogP contribution in [0.5, 0.6) is 0 Å². The summed E-state index contributed by atoms with van der Waals surface area (Å²) in [5, 5.41) is 14.3. The highest BCUT2D eigenvalue weighted by atomic mass is 32.1. The van der Waals surface area contributed by atoms with Gasteiger partial charge in [-0.15, -0.1) is 10.2 Å². The summed E-state index contributed by atoms with van der Waals surface area (Å²) >= 11 is 1.34. The number of rotatable bonds is 4. The van der Waals surface area contributed by atoms with Crippen LogP contribution in [-0.2, 0) is 6.42 Å². The molecule has 2 aromatic rings. The summed E-state index contributed by atoms with van der Waals surface area (Å²) in [6.07, 6.45) is 2.43. The van der Waals surface area contributed by atoms with Crippen molar-refractivity contribution in [3.8, 4) is 0 Å². The number of nitrogens with one attached hydrogen (secondary N) is 2. The number of pyridine rings is 1. The van der Waals surface area contributed by atoms with Gasteiger partial charge in [-0.25, -0.2) is 4.79 Å². The quantitative estimate of drug-likeness (QED) is 0.878. The molecule has 0 aromatic carbocycles. The lowest BCUT2D eigenvalue weighted by Gasteiger charge is -2.04. The Balaban J connectivity index is 1.72. The molecular weight excluding hydrogens is 250 g/mol. The number of hydrogen-bond donors (Lipinski definition) is 2. The highest BCUT2D eigenvalue weighted by Gasteiger charge is 2.05. The van der Waals surface area contributed by atoms with Crippen LogP contribution >= 0.6 is 11.3 Å². The summed E-state index contributed by atoms with van der Waals surface area (Å²) in [4.78, 5) is 15.7. The Labute approximate surface area is 108 Å². The number of amides is 2. The van der Waals surface area contributed by atoms with Crippen molar-refractivity contribution in [1.82, 2.24) is 20.5 Å². The maximum atomic E-state index is 11.5. The fourth-order valence-electron chi connectivity index (χ4n) is 1.34. The van der Waals surface area contributed by atoms with Crippen LogP contribution in [0.1, 0.15) is 10.7 Å². The molecule has 0 aliphatic carbocycles. The molecule has 0 saturated heterocycles. The van der Waals surface area contributed by atoms with Crippen LogP contribution in [0.25, 0.3) is 0 Å². The molecule has 0 bridgehead atoms. The summed E-state index contributed by atoms with van der Waals surface area (Å²) in [6.45, 7) is 2.36. The first-order chi connectivity index (χ1) is 8.74. The Kier molecular flexibility index (Phi) is 4.19. The minimum atomic E-state index is -0.276. The molecular formula is C11H13N5OS. The zero-order valence-electron chi connectivity index (χ0n) is 9.88. The highest BCUT2D eigenvalue weighted by Crippen LogP contribution is 2.12. The summed E-state index contributed by atoms with van der Waals surface area (Å²) in [7, 11) is 0. The zero-order chi connectivity index (χ0) is 12.8. The number of aromatic nitrogens is 3. The van der Waals surface area contributed by atoms with Gasteiger partial charge in [0.1, 0.15) is 5.01 Å². The third-order valence-electron chi connectivity index (χ3n) is 2.14. The van der Waals surface area contributed by atoms with Gasteiger partial charge in [-0.3, -0.25) is 10.3 Å². The van der Waals surface area contributed by atoms with E-state index in [2.05, 4.69) is 25.8 Å². The SMILES string of the molecule is Cc1nnc(NC(=O)NCCc2ccccn2)s1. The van der Waals surface area contributed by atoms with E-state index >= 15 is 0 Å². The molecule has 18 heavy (non-hydrogen) atoms. The van der Waals surface area contributed by atoms with Gasteiger partial charge in [0.15, 0.2) is 0 Å². The molecule has 2 N–H and O–H groups in total. The van der Waals surface area contributed by atoms with Crippen LogP contribution in [0.3, 0.4) is 0 Å². The Hall–Kier alpha value is -2.02. The molecule has 0 aliphatic rings. The predicted molar refractivity (Wildman–Crippen MR) is 69.6 cm³/mol. The molecule has 0 fully saturated rings. The number of carbonyl (C=O) groups excluding carboxylic acids is 1. The number of anilines is 1. The highest BCUT2D eigenvalue weighted by molar-refractivity contribution is 7.15. The molecule has 0 spiro atoms. The van der Waals surface area contributed by atoms with E-state index in [1.165, 1.54) is 11.3 Å². The van der Waals surface area contributed by atoms with Gasteiger partial charge in [-0.1, -0.05) is 17.4 Å². The fraction of sp³-hybridized carbons (Fsp3) is 0.273. The molecule has 0 saturated carbocycles. The Morgan fingerprint density at radius 2 is 2.28 bits per heavy atom. The monoisotopic (exact) mass is 263 g/mol. The van der Waals surface area contributed by atoms with Crippen LogP contribution < -0.4 is 10.6 Å². The van der Waals surface area contributed by atoms with Crippen molar-refractivity contribution in [2.24, 2.45) is 0 Å². The molecule has 0 atom stereocenters. The molecule has 7 heteroatoms. The second-order valence-electron chi connectivity index (χ2n) is 3.58. The minimum absolute atomic E-state index is 0.276. The van der Waals surface area contributed by atoms with E-state index in [0.29, 0.717) is 18.1 Å². The molecule has 0 unspecified atom stereocenters. The molecule has 2 rings (SSSR count). The topological polar surface area (TPSA) is 79.8 Å². The van der Waals surface area contributed by atoms with Gasteiger partial charge in [0.25, 0.3) is 0 Å². The molecule has 6 nitrogen and oxygen atoms in total. The van der Waals surface area contributed by atoms with Gasteiger partial charge in [0.2, 0.25) is 5.13 Å². The van der Waals surface area contributed by atoms with Crippen LogP contribution in [0.2, 0.25) is 0 Å². The zero-order valence-corrected chi connectivity index (χ0v) is 10.7. The van der Waals surface area contributed by atoms with Gasteiger partial charge in [-0.2, -0.15) is 0 Å². The van der Waals surface area contributed by atoms with Crippen molar-refractivity contribution in [1.29, 1.82) is 0 Å². The normalized spacial score (nSPS) is 10.1. The Morgan fingerprint density at radius 3 is 2.94 bits per heavy atom. The van der Waals surface area contributed by atoms with Crippen molar-refractivity contribution in [2.75, 3.05) is 11.9 Å². The number of urea groups is 1. The lowest BCUT2D eigenvalue weighted by Crippen LogP contribution is -2.30. The van der Waals surface area contributed by atoms with Gasteiger partial charge in [0.05, 0.1) is 0 Å². The van der Waals surface area contributed by atoms with Gasteiger partial charge in [0, 0.05) is 24.9 Å². The van der Waals surface area contributed by atoms with E-state index in [4.69, 9.17) is 0 Å². The van der Waals surface area contributed by atoms with E-state index in [9.17, 15) is 4.79 Å². The predicted octanol–water partition coefficient (Wildman–Crippen LogP) is 1.61. The largest absolute Gasteiger partial charge is 0.337 e. The first-order valence-electron chi connectivity index (χ1n) is 5.49. The third kappa shape index (κ3) is 3.77. The van der Waals surface area contributed by atoms with Gasteiger partial charge in [-0.05, 0) is 19.1 Å². The van der Waals surface area contributed by atoms with Crippen molar-refractivity contribution >= 4 is 22.5 Å². The summed E-state index contributed by atoms with van der Waals surface area (Å²) < 4.78 is 0. The Morgan fingerprint density at radius 1 is 1.39 bits per heavy atom. The third-order valence-corrected chi connectivity index (χ3v) is 2.89. The first kappa shape index (κ1) is 12.4. The van der Waals surface area contributed by atoms with E-state index in [1.54, 1.807) is 6.20 Å². The second kappa shape index (κ2) is 6.06. The summed E-state index contributed by atoms with van der Waals surface area (Å²) in [6, 6.07) is 5.43. The van der Waals surface area contributed by atoms with Crippen LogP contribution in [0, 0.1) is 6.92 Å². The lowest BCUT2D eigenvalue weighted by molar-refractivity contribution is 0.252. The first-order valence-corrected chi connectivity index (χ1v) is 6.30. The molecule has 94 valence electrons. The molecule has 0 aliphatic heterocycles. The number of hydrogen-bond acceptors (Lipinski definition) is 5. The molecule has 0 radical (unpaired) electrons. The average Bonchev–Trinajstić information content (AvgIpc) is 2.76. The van der Waals surface area contributed by atoms with Crippen LogP contribution in [0.15, 0.2) is 24.4 Å². The number of carbonyl (C=O) groups is 1. The van der Waals surface area contributed by atoms with E-state index in [1.807, 2.05) is 25.1 Å². The standard InChI is InChI=1S/C11H13N5OS/c1-8-15-16-11(18-8)14-10(17)13-7-5-9-4-2-3-6-12-9/h2-4,6H,5,7H2,1H3,(H2,13,14,16,17). The lowest BCUT2D eigenvalue weighted by atomic mass is 10.3. The van der Waals surface area contributed by atoms with E-state index in [0.717, 1.165) is 10.7 Å². The minimum Gasteiger partial charge on any atom is -0.337 e. The summed E-state index contributed by atoms with van der Waals surface area (Å²) in [5.74, 6) is 0. The average molecular weight is 263 g/mol. The van der Waals surface area contributed by atoms with Gasteiger partial charge >= 0.3 is 6.03 Å². The molecule has 2 amide bonds. The Bertz CT molecular complexity index is 513. The maximum absolute atomic E-state index is 11.5. The van der Waals surface area contributed by atoms with Crippen molar-refractivity contribution in [3.05, 3.63) is 35.1 Å². The van der Waals surface area contributed by atoms with Crippen molar-refractivity contribution in [3.63, 3.8) is 0 Å². The van der Waals surface area contributed by atoms with Crippen molar-refractivity contribution in [2.45, 2.75) is 13.3 Å². The van der Waals surface area contributed by atoms with Crippen molar-refractivity contribution < 1.29 is 4.79 Å². The van der Waals surface area contributed by atoms with Gasteiger partial charge < -0.3 is 5.32 Å². The maximum Gasteiger partial charge on any atom is 0.321 e. The molecule has 2 aromatic heterocycles. The number of nitrogens with zero attached hydrogens (tertiary/aromatic N) is 3. The van der Waals surface area contributed by atoms with E-state index in [-0.39, 0.29) is 6.03 Å². The van der Waals surface area contributed by atoms with E-state index < -0.39 is 0 Å². The second-order valence-corrected chi connectivity index (χ2v) is 4.76. The molecule has 2 heterocycles. The summed E-state index contributed by atoms with van der Waals surface area (Å²) in [5.41, 5.74) is 0.949. The fourth-order valence-corrected chi connectivity index (χ4v) is 1.93. The number of aryl methyl sites for hydroxylation is 1. The smallest absolute Gasteiger partial charge is 0.321 e. The van der Waals surface area contributed by atoms with Crippen LogP contribution in [0.4, 0.5) is 9.93 Å². The van der Waals surface area contributed by atoms with Crippen LogP contribution in [-0.4, -0.2) is 27.8 Å².